The number of benzene rings is 1. The van der Waals surface area contributed by atoms with Crippen molar-refractivity contribution in [1.82, 2.24) is 10.6 Å². The van der Waals surface area contributed by atoms with E-state index in [1.807, 2.05) is 17.5 Å². The largest absolute Gasteiger partial charge is 0.433 e. The number of hydrogen-bond donors (Lipinski definition) is 2. The first-order chi connectivity index (χ1) is 12.7. The van der Waals surface area contributed by atoms with Gasteiger partial charge in [-0.2, -0.15) is 20.1 Å². The van der Waals surface area contributed by atoms with Crippen molar-refractivity contribution in [3.05, 3.63) is 46.7 Å². The standard InChI is InChI=1S/C18H22F2N4OS.HI/c1-21-18(22-10-13-7-9-26-12-13)23-14-6-8-24(11-14)15-4-2-3-5-16(15)25-17(19)20;/h2-5,7,9,12,14,17H,6,8,10-11H2,1H3,(H2,21,22,23);1H. The molecule has 1 atom stereocenters. The topological polar surface area (TPSA) is 48.9 Å². The number of ether oxygens (including phenoxy) is 1. The normalized spacial score (nSPS) is 17.0. The van der Waals surface area contributed by atoms with Crippen molar-refractivity contribution in [1.29, 1.82) is 0 Å². The number of thiophene rings is 1. The van der Waals surface area contributed by atoms with Gasteiger partial charge < -0.3 is 20.3 Å². The third kappa shape index (κ3) is 6.20. The van der Waals surface area contributed by atoms with Crippen LogP contribution in [0.25, 0.3) is 0 Å². The van der Waals surface area contributed by atoms with Crippen molar-refractivity contribution in [3.8, 4) is 5.75 Å². The summed E-state index contributed by atoms with van der Waals surface area (Å²) in [6.07, 6.45) is 0.891. The van der Waals surface area contributed by atoms with Crippen molar-refractivity contribution in [2.45, 2.75) is 25.6 Å². The summed E-state index contributed by atoms with van der Waals surface area (Å²) in [5.74, 6) is 0.947. The fourth-order valence-electron chi connectivity index (χ4n) is 2.98. The molecule has 9 heteroatoms. The van der Waals surface area contributed by atoms with Crippen LogP contribution in [0.5, 0.6) is 5.75 Å². The average Bonchev–Trinajstić information content (AvgIpc) is 3.30. The molecule has 0 spiro atoms. The minimum Gasteiger partial charge on any atom is -0.433 e. The zero-order valence-corrected chi connectivity index (χ0v) is 18.0. The molecule has 1 aromatic carbocycles. The van der Waals surface area contributed by atoms with Crippen molar-refractivity contribution >= 4 is 47.0 Å². The van der Waals surface area contributed by atoms with E-state index < -0.39 is 6.61 Å². The summed E-state index contributed by atoms with van der Waals surface area (Å²) in [5.41, 5.74) is 1.90. The van der Waals surface area contributed by atoms with Gasteiger partial charge in [0.05, 0.1) is 5.69 Å². The molecule has 0 saturated carbocycles. The third-order valence-corrected chi connectivity index (χ3v) is 4.95. The smallest absolute Gasteiger partial charge is 0.387 e. The van der Waals surface area contributed by atoms with Crippen LogP contribution in [-0.2, 0) is 6.54 Å². The lowest BCUT2D eigenvalue weighted by atomic mass is 10.2. The van der Waals surface area contributed by atoms with E-state index >= 15 is 0 Å². The van der Waals surface area contributed by atoms with Crippen LogP contribution in [0.1, 0.15) is 12.0 Å². The molecule has 1 aliphatic rings. The molecule has 1 unspecified atom stereocenters. The van der Waals surface area contributed by atoms with E-state index in [0.717, 1.165) is 18.9 Å². The molecule has 0 amide bonds. The highest BCUT2D eigenvalue weighted by molar-refractivity contribution is 14.0. The summed E-state index contributed by atoms with van der Waals surface area (Å²) in [5, 5.41) is 10.8. The zero-order chi connectivity index (χ0) is 18.4. The van der Waals surface area contributed by atoms with E-state index in [2.05, 4.69) is 36.7 Å². The number of halogens is 3. The molecule has 1 fully saturated rings. The summed E-state index contributed by atoms with van der Waals surface area (Å²) in [7, 11) is 1.74. The van der Waals surface area contributed by atoms with E-state index in [1.54, 1.807) is 30.5 Å². The molecular weight excluding hydrogens is 485 g/mol. The maximum absolute atomic E-state index is 12.6. The Morgan fingerprint density at radius 2 is 2.19 bits per heavy atom. The highest BCUT2D eigenvalue weighted by atomic mass is 127. The first-order valence-corrected chi connectivity index (χ1v) is 9.37. The number of para-hydroxylation sites is 2. The van der Waals surface area contributed by atoms with Gasteiger partial charge >= 0.3 is 6.61 Å². The molecule has 27 heavy (non-hydrogen) atoms. The number of anilines is 1. The van der Waals surface area contributed by atoms with E-state index in [1.165, 1.54) is 5.56 Å². The Morgan fingerprint density at radius 1 is 1.37 bits per heavy atom. The van der Waals surface area contributed by atoms with Gasteiger partial charge in [-0.1, -0.05) is 12.1 Å². The molecular formula is C18H23F2IN4OS. The summed E-state index contributed by atoms with van der Waals surface area (Å²) in [6.45, 7) is -0.649. The fourth-order valence-corrected chi connectivity index (χ4v) is 3.65. The van der Waals surface area contributed by atoms with Gasteiger partial charge in [0.15, 0.2) is 5.96 Å². The Hall–Kier alpha value is -1.62. The van der Waals surface area contributed by atoms with E-state index in [9.17, 15) is 8.78 Å². The van der Waals surface area contributed by atoms with Gasteiger partial charge in [-0.15, -0.1) is 24.0 Å². The molecule has 148 valence electrons. The lowest BCUT2D eigenvalue weighted by Gasteiger charge is -2.22. The van der Waals surface area contributed by atoms with Gasteiger partial charge in [-0.25, -0.2) is 0 Å². The summed E-state index contributed by atoms with van der Waals surface area (Å²) < 4.78 is 29.9. The van der Waals surface area contributed by atoms with Crippen LogP contribution in [0.15, 0.2) is 46.1 Å². The van der Waals surface area contributed by atoms with Crippen molar-refractivity contribution in [2.24, 2.45) is 4.99 Å². The average molecular weight is 508 g/mol. The van der Waals surface area contributed by atoms with Gasteiger partial charge in [-0.3, -0.25) is 4.99 Å². The molecule has 2 heterocycles. The summed E-state index contributed by atoms with van der Waals surface area (Å²) in [4.78, 5) is 6.32. The summed E-state index contributed by atoms with van der Waals surface area (Å²) >= 11 is 1.66. The van der Waals surface area contributed by atoms with E-state index in [-0.39, 0.29) is 35.8 Å². The predicted octanol–water partition coefficient (Wildman–Crippen LogP) is 3.91. The van der Waals surface area contributed by atoms with Crippen LogP contribution in [0.3, 0.4) is 0 Å². The second-order valence-corrected chi connectivity index (χ2v) is 6.76. The fraction of sp³-hybridized carbons (Fsp3) is 0.389. The number of nitrogens with zero attached hydrogens (tertiary/aromatic N) is 2. The molecule has 1 saturated heterocycles. The maximum atomic E-state index is 12.6. The molecule has 1 aliphatic heterocycles. The number of aliphatic imine (C=N–C) groups is 1. The van der Waals surface area contributed by atoms with Crippen LogP contribution >= 0.6 is 35.3 Å². The van der Waals surface area contributed by atoms with E-state index in [0.29, 0.717) is 18.8 Å². The Bertz CT molecular complexity index is 730. The van der Waals surface area contributed by atoms with Gasteiger partial charge in [0.1, 0.15) is 5.75 Å². The Morgan fingerprint density at radius 3 is 2.89 bits per heavy atom. The van der Waals surface area contributed by atoms with Crippen LogP contribution in [0, 0.1) is 0 Å². The highest BCUT2D eigenvalue weighted by Crippen LogP contribution is 2.31. The monoisotopic (exact) mass is 508 g/mol. The lowest BCUT2D eigenvalue weighted by Crippen LogP contribution is -2.44. The molecule has 5 nitrogen and oxygen atoms in total. The van der Waals surface area contributed by atoms with Crippen LogP contribution in [-0.4, -0.2) is 38.8 Å². The first kappa shape index (κ1) is 21.7. The van der Waals surface area contributed by atoms with Gasteiger partial charge in [0.25, 0.3) is 0 Å². The number of guanidine groups is 1. The molecule has 1 aromatic heterocycles. The number of alkyl halides is 2. The molecule has 0 aliphatic carbocycles. The van der Waals surface area contributed by atoms with Gasteiger partial charge in [-0.05, 0) is 40.9 Å². The number of rotatable bonds is 6. The van der Waals surface area contributed by atoms with Crippen LogP contribution < -0.4 is 20.3 Å². The highest BCUT2D eigenvalue weighted by Gasteiger charge is 2.26. The second-order valence-electron chi connectivity index (χ2n) is 5.98. The Balaban J connectivity index is 0.00000261. The predicted molar refractivity (Wildman–Crippen MR) is 117 cm³/mol. The Kier molecular flexibility index (Phi) is 8.55. The first-order valence-electron chi connectivity index (χ1n) is 8.42. The van der Waals surface area contributed by atoms with Crippen molar-refractivity contribution < 1.29 is 13.5 Å². The van der Waals surface area contributed by atoms with Gasteiger partial charge in [0.2, 0.25) is 0 Å². The lowest BCUT2D eigenvalue weighted by molar-refractivity contribution is -0.0495. The Labute approximate surface area is 178 Å². The molecule has 0 radical (unpaired) electrons. The van der Waals surface area contributed by atoms with Crippen molar-refractivity contribution in [3.63, 3.8) is 0 Å². The van der Waals surface area contributed by atoms with E-state index in [4.69, 9.17) is 0 Å². The zero-order valence-electron chi connectivity index (χ0n) is 14.9. The van der Waals surface area contributed by atoms with Crippen LogP contribution in [0.2, 0.25) is 0 Å². The number of nitrogens with one attached hydrogen (secondary N) is 2. The molecule has 3 rings (SSSR count). The number of hydrogen-bond acceptors (Lipinski definition) is 4. The maximum Gasteiger partial charge on any atom is 0.387 e. The molecule has 2 N–H and O–H groups in total. The molecule has 2 aromatic rings. The minimum absolute atomic E-state index is 0. The second kappa shape index (κ2) is 10.6. The summed E-state index contributed by atoms with van der Waals surface area (Å²) in [6, 6.07) is 9.16. The third-order valence-electron chi connectivity index (χ3n) is 4.21. The van der Waals surface area contributed by atoms with Crippen molar-refractivity contribution in [2.75, 3.05) is 25.0 Å². The minimum atomic E-state index is -2.83. The van der Waals surface area contributed by atoms with Crippen LogP contribution in [0.4, 0.5) is 14.5 Å². The van der Waals surface area contributed by atoms with Gasteiger partial charge in [0, 0.05) is 32.7 Å². The molecule has 0 bridgehead atoms. The quantitative estimate of drug-likeness (QED) is 0.353. The SMILES string of the molecule is CN=C(NCc1ccsc1)NC1CCN(c2ccccc2OC(F)F)C1.I.